The first-order valence-corrected chi connectivity index (χ1v) is 8.55. The Morgan fingerprint density at radius 1 is 1.18 bits per heavy atom. The molecule has 1 aromatic heterocycles. The highest BCUT2D eigenvalue weighted by molar-refractivity contribution is 5.91. The highest BCUT2D eigenvalue weighted by atomic mass is 19.1. The first-order chi connectivity index (χ1) is 13.6. The molecule has 0 bridgehead atoms. The van der Waals surface area contributed by atoms with Gasteiger partial charge in [-0.3, -0.25) is 0 Å². The van der Waals surface area contributed by atoms with E-state index in [1.807, 2.05) is 6.08 Å². The molecule has 3 rings (SSSR count). The SMILES string of the molecule is C=CCCc1cnc(-c2ccc(C(=O)Oc3ccc(C#N)c(F)c3)cc2)nc1. The summed E-state index contributed by atoms with van der Waals surface area (Å²) in [5.74, 6) is -0.784. The van der Waals surface area contributed by atoms with Crippen LogP contribution in [0.25, 0.3) is 11.4 Å². The lowest BCUT2D eigenvalue weighted by molar-refractivity contribution is 0.0734. The van der Waals surface area contributed by atoms with Gasteiger partial charge in [0.05, 0.1) is 11.1 Å². The van der Waals surface area contributed by atoms with Crippen LogP contribution in [0.1, 0.15) is 27.9 Å². The minimum absolute atomic E-state index is 0.0315. The molecule has 1 heterocycles. The molecule has 0 unspecified atom stereocenters. The fourth-order valence-electron chi connectivity index (χ4n) is 2.47. The van der Waals surface area contributed by atoms with E-state index in [4.69, 9.17) is 10.00 Å². The van der Waals surface area contributed by atoms with E-state index < -0.39 is 11.8 Å². The maximum Gasteiger partial charge on any atom is 0.343 e. The van der Waals surface area contributed by atoms with E-state index in [1.54, 1.807) is 42.7 Å². The molecule has 3 aromatic rings. The quantitative estimate of drug-likeness (QED) is 0.361. The Bertz CT molecular complexity index is 1040. The lowest BCUT2D eigenvalue weighted by Crippen LogP contribution is -2.08. The van der Waals surface area contributed by atoms with Gasteiger partial charge in [0.25, 0.3) is 0 Å². The molecule has 0 N–H and O–H groups in total. The number of rotatable bonds is 6. The van der Waals surface area contributed by atoms with Crippen molar-refractivity contribution in [2.75, 3.05) is 0 Å². The Balaban J connectivity index is 1.69. The molecular formula is C22H16FN3O2. The normalized spacial score (nSPS) is 10.1. The largest absolute Gasteiger partial charge is 0.423 e. The Morgan fingerprint density at radius 3 is 2.50 bits per heavy atom. The molecule has 0 fully saturated rings. The Labute approximate surface area is 161 Å². The van der Waals surface area contributed by atoms with Crippen LogP contribution in [-0.2, 0) is 6.42 Å². The molecule has 28 heavy (non-hydrogen) atoms. The van der Waals surface area contributed by atoms with Gasteiger partial charge in [-0.1, -0.05) is 18.2 Å². The zero-order valence-corrected chi connectivity index (χ0v) is 14.9. The van der Waals surface area contributed by atoms with Crippen molar-refractivity contribution < 1.29 is 13.9 Å². The standard InChI is InChI=1S/C22H16FN3O2/c1-2-3-4-15-13-25-21(26-14-15)16-5-7-17(8-6-16)22(27)28-19-10-9-18(12-24)20(23)11-19/h2,5-11,13-14H,1,3-4H2. The number of nitrogens with zero attached hydrogens (tertiary/aromatic N) is 3. The summed E-state index contributed by atoms with van der Waals surface area (Å²) in [5, 5.41) is 8.73. The Hall–Kier alpha value is -3.85. The third-order valence-corrected chi connectivity index (χ3v) is 3.99. The number of esters is 1. The number of carbonyl (C=O) groups is 1. The van der Waals surface area contributed by atoms with Crippen molar-refractivity contribution in [3.05, 3.63) is 90.0 Å². The average molecular weight is 373 g/mol. The molecule has 6 heteroatoms. The zero-order chi connectivity index (χ0) is 19.9. The van der Waals surface area contributed by atoms with Gasteiger partial charge in [0.1, 0.15) is 17.6 Å². The summed E-state index contributed by atoms with van der Waals surface area (Å²) in [6.07, 6.45) is 7.09. The number of nitriles is 1. The average Bonchev–Trinajstić information content (AvgIpc) is 2.73. The summed E-state index contributed by atoms with van der Waals surface area (Å²) < 4.78 is 18.8. The minimum atomic E-state index is -0.739. The number of carbonyl (C=O) groups excluding carboxylic acids is 1. The van der Waals surface area contributed by atoms with E-state index in [9.17, 15) is 9.18 Å². The number of halogens is 1. The highest BCUT2D eigenvalue weighted by Gasteiger charge is 2.11. The van der Waals surface area contributed by atoms with E-state index in [2.05, 4.69) is 16.5 Å². The van der Waals surface area contributed by atoms with Gasteiger partial charge in [-0.25, -0.2) is 19.2 Å². The second-order valence-electron chi connectivity index (χ2n) is 5.96. The third-order valence-electron chi connectivity index (χ3n) is 3.99. The number of hydrogen-bond acceptors (Lipinski definition) is 5. The first kappa shape index (κ1) is 18.9. The van der Waals surface area contributed by atoms with Gasteiger partial charge in [0.2, 0.25) is 0 Å². The summed E-state index contributed by atoms with van der Waals surface area (Å²) in [7, 11) is 0. The lowest BCUT2D eigenvalue weighted by Gasteiger charge is -2.06. The van der Waals surface area contributed by atoms with E-state index in [0.717, 1.165) is 30.0 Å². The maximum absolute atomic E-state index is 13.6. The molecule has 0 amide bonds. The second-order valence-corrected chi connectivity index (χ2v) is 5.96. The number of ether oxygens (including phenoxy) is 1. The summed E-state index contributed by atoms with van der Waals surface area (Å²) in [5.41, 5.74) is 1.98. The summed E-state index contributed by atoms with van der Waals surface area (Å²) >= 11 is 0. The van der Waals surface area contributed by atoms with Crippen LogP contribution in [0.3, 0.4) is 0 Å². The van der Waals surface area contributed by atoms with Crippen molar-refractivity contribution in [3.8, 4) is 23.2 Å². The summed E-state index contributed by atoms with van der Waals surface area (Å²) in [6.45, 7) is 3.69. The molecule has 0 spiro atoms. The van der Waals surface area contributed by atoms with Crippen molar-refractivity contribution in [1.29, 1.82) is 5.26 Å². The van der Waals surface area contributed by atoms with Crippen LogP contribution in [0.15, 0.2) is 67.5 Å². The van der Waals surface area contributed by atoms with Crippen molar-refractivity contribution in [2.45, 2.75) is 12.8 Å². The molecule has 138 valence electrons. The molecule has 0 saturated heterocycles. The fraction of sp³-hybridized carbons (Fsp3) is 0.0909. The van der Waals surface area contributed by atoms with Crippen molar-refractivity contribution in [1.82, 2.24) is 9.97 Å². The number of aromatic nitrogens is 2. The molecular weight excluding hydrogens is 357 g/mol. The predicted octanol–water partition coefficient (Wildman–Crippen LogP) is 4.49. The lowest BCUT2D eigenvalue weighted by atomic mass is 10.1. The van der Waals surface area contributed by atoms with E-state index in [-0.39, 0.29) is 11.3 Å². The Morgan fingerprint density at radius 2 is 1.89 bits per heavy atom. The van der Waals surface area contributed by atoms with Gasteiger partial charge in [-0.05, 0) is 42.7 Å². The van der Waals surface area contributed by atoms with Gasteiger partial charge >= 0.3 is 5.97 Å². The van der Waals surface area contributed by atoms with Crippen LogP contribution in [0, 0.1) is 17.1 Å². The molecule has 5 nitrogen and oxygen atoms in total. The van der Waals surface area contributed by atoms with Crippen LogP contribution in [0.5, 0.6) is 5.75 Å². The first-order valence-electron chi connectivity index (χ1n) is 8.55. The smallest absolute Gasteiger partial charge is 0.343 e. The van der Waals surface area contributed by atoms with Crippen LogP contribution in [0.2, 0.25) is 0 Å². The van der Waals surface area contributed by atoms with Crippen molar-refractivity contribution >= 4 is 5.97 Å². The summed E-state index contributed by atoms with van der Waals surface area (Å²) in [4.78, 5) is 20.9. The predicted molar refractivity (Wildman–Crippen MR) is 102 cm³/mol. The third kappa shape index (κ3) is 4.46. The van der Waals surface area contributed by atoms with E-state index >= 15 is 0 Å². The molecule has 0 aliphatic heterocycles. The van der Waals surface area contributed by atoms with Gasteiger partial charge < -0.3 is 4.74 Å². The molecule has 0 saturated carbocycles. The van der Waals surface area contributed by atoms with Crippen LogP contribution in [0.4, 0.5) is 4.39 Å². The van der Waals surface area contributed by atoms with Gasteiger partial charge in [-0.2, -0.15) is 5.26 Å². The van der Waals surface area contributed by atoms with E-state index in [1.165, 1.54) is 12.1 Å². The number of benzene rings is 2. The monoisotopic (exact) mass is 373 g/mol. The van der Waals surface area contributed by atoms with Crippen LogP contribution in [-0.4, -0.2) is 15.9 Å². The van der Waals surface area contributed by atoms with Gasteiger partial charge in [0, 0.05) is 24.0 Å². The molecule has 0 atom stereocenters. The second kappa shape index (κ2) is 8.69. The minimum Gasteiger partial charge on any atom is -0.423 e. The van der Waals surface area contributed by atoms with Crippen molar-refractivity contribution in [2.24, 2.45) is 0 Å². The van der Waals surface area contributed by atoms with Crippen LogP contribution >= 0.6 is 0 Å². The number of hydrogen-bond donors (Lipinski definition) is 0. The summed E-state index contributed by atoms with van der Waals surface area (Å²) in [6, 6.07) is 12.0. The molecule has 0 aliphatic carbocycles. The number of aryl methyl sites for hydroxylation is 1. The number of allylic oxidation sites excluding steroid dienone is 1. The molecule has 0 radical (unpaired) electrons. The van der Waals surface area contributed by atoms with Crippen molar-refractivity contribution in [3.63, 3.8) is 0 Å². The molecule has 0 aliphatic rings. The fourth-order valence-corrected chi connectivity index (χ4v) is 2.47. The molecule has 2 aromatic carbocycles. The van der Waals surface area contributed by atoms with E-state index in [0.29, 0.717) is 11.4 Å². The highest BCUT2D eigenvalue weighted by Crippen LogP contribution is 2.19. The topological polar surface area (TPSA) is 75.9 Å². The van der Waals surface area contributed by atoms with Crippen LogP contribution < -0.4 is 4.74 Å². The van der Waals surface area contributed by atoms with Gasteiger partial charge in [-0.15, -0.1) is 6.58 Å². The maximum atomic E-state index is 13.6. The van der Waals surface area contributed by atoms with Gasteiger partial charge in [0.15, 0.2) is 5.82 Å². The Kier molecular flexibility index (Phi) is 5.87. The zero-order valence-electron chi connectivity index (χ0n) is 14.9.